The number of carbonyl (C=O) groups is 1. The molecule has 0 aliphatic carbocycles. The van der Waals surface area contributed by atoms with Crippen LogP contribution in [0.4, 0.5) is 0 Å². The van der Waals surface area contributed by atoms with E-state index in [4.69, 9.17) is 16.3 Å². The first-order valence-electron chi connectivity index (χ1n) is 8.14. The van der Waals surface area contributed by atoms with Crippen LogP contribution in [0, 0.1) is 0 Å². The first kappa shape index (κ1) is 19.8. The Morgan fingerprint density at radius 2 is 1.84 bits per heavy atom. The molecule has 0 saturated carbocycles. The van der Waals surface area contributed by atoms with Gasteiger partial charge in [0.1, 0.15) is 5.75 Å². The van der Waals surface area contributed by atoms with E-state index < -0.39 is 0 Å². The number of benzene rings is 2. The zero-order valence-electron chi connectivity index (χ0n) is 14.9. The minimum Gasteiger partial charge on any atom is -0.483 e. The van der Waals surface area contributed by atoms with Crippen molar-refractivity contribution in [2.75, 3.05) is 6.61 Å². The van der Waals surface area contributed by atoms with Gasteiger partial charge >= 0.3 is 0 Å². The van der Waals surface area contributed by atoms with E-state index in [0.29, 0.717) is 10.8 Å². The van der Waals surface area contributed by atoms with Crippen molar-refractivity contribution in [1.29, 1.82) is 0 Å². The van der Waals surface area contributed by atoms with E-state index in [-0.39, 0.29) is 24.0 Å². The minimum absolute atomic E-state index is 0.0509. The van der Waals surface area contributed by atoms with Crippen LogP contribution in [-0.4, -0.2) is 12.5 Å². The highest BCUT2D eigenvalue weighted by Gasteiger charge is 2.15. The Kier molecular flexibility index (Phi) is 6.53. The van der Waals surface area contributed by atoms with Crippen LogP contribution in [-0.2, 0) is 10.2 Å². The summed E-state index contributed by atoms with van der Waals surface area (Å²) in [4.78, 5) is 12.1. The monoisotopic (exact) mass is 423 g/mol. The molecule has 1 unspecified atom stereocenters. The van der Waals surface area contributed by atoms with Gasteiger partial charge in [-0.2, -0.15) is 0 Å². The Hall–Kier alpha value is -1.52. The standard InChI is InChI=1S/C20H23BrClNO2/c1-13(14-5-7-15(8-6-14)20(2,3)4)23-19(24)12-25-18-10-9-16(22)11-17(18)21/h5-11,13H,12H2,1-4H3,(H,23,24). The summed E-state index contributed by atoms with van der Waals surface area (Å²) in [6, 6.07) is 13.4. The number of hydrogen-bond donors (Lipinski definition) is 1. The Bertz CT molecular complexity index is 738. The maximum atomic E-state index is 12.1. The van der Waals surface area contributed by atoms with Gasteiger partial charge in [-0.05, 0) is 57.6 Å². The highest BCUT2D eigenvalue weighted by atomic mass is 79.9. The first-order valence-corrected chi connectivity index (χ1v) is 9.31. The topological polar surface area (TPSA) is 38.3 Å². The number of halogens is 2. The zero-order valence-corrected chi connectivity index (χ0v) is 17.2. The molecule has 5 heteroatoms. The van der Waals surface area contributed by atoms with Gasteiger partial charge in [0.25, 0.3) is 5.91 Å². The molecule has 0 aliphatic heterocycles. The van der Waals surface area contributed by atoms with Crippen LogP contribution in [0.15, 0.2) is 46.9 Å². The molecule has 0 aromatic heterocycles. The van der Waals surface area contributed by atoms with Crippen molar-refractivity contribution in [2.45, 2.75) is 39.2 Å². The highest BCUT2D eigenvalue weighted by molar-refractivity contribution is 9.10. The maximum Gasteiger partial charge on any atom is 0.258 e. The summed E-state index contributed by atoms with van der Waals surface area (Å²) in [5.41, 5.74) is 2.45. The van der Waals surface area contributed by atoms with Gasteiger partial charge in [-0.3, -0.25) is 4.79 Å². The summed E-state index contributed by atoms with van der Waals surface area (Å²) in [5.74, 6) is 0.413. The molecule has 3 nitrogen and oxygen atoms in total. The number of rotatable bonds is 5. The molecular formula is C20H23BrClNO2. The Morgan fingerprint density at radius 1 is 1.20 bits per heavy atom. The molecule has 0 fully saturated rings. The Labute approximate surface area is 162 Å². The molecule has 0 aliphatic rings. The second kappa shape index (κ2) is 8.24. The van der Waals surface area contributed by atoms with Crippen LogP contribution < -0.4 is 10.1 Å². The van der Waals surface area contributed by atoms with Crippen molar-refractivity contribution in [3.8, 4) is 5.75 Å². The molecule has 0 radical (unpaired) electrons. The van der Waals surface area contributed by atoms with Crippen molar-refractivity contribution in [2.24, 2.45) is 0 Å². The van der Waals surface area contributed by atoms with Crippen LogP contribution >= 0.6 is 27.5 Å². The lowest BCUT2D eigenvalue weighted by Crippen LogP contribution is -2.31. The predicted molar refractivity (Wildman–Crippen MR) is 106 cm³/mol. The summed E-state index contributed by atoms with van der Waals surface area (Å²) >= 11 is 9.26. The molecule has 0 bridgehead atoms. The second-order valence-corrected chi connectivity index (χ2v) is 8.32. The lowest BCUT2D eigenvalue weighted by Gasteiger charge is -2.20. The van der Waals surface area contributed by atoms with Crippen LogP contribution in [0.25, 0.3) is 0 Å². The Balaban J connectivity index is 1.91. The second-order valence-electron chi connectivity index (χ2n) is 7.02. The van der Waals surface area contributed by atoms with Gasteiger partial charge in [0.2, 0.25) is 0 Å². The fourth-order valence-corrected chi connectivity index (χ4v) is 3.17. The first-order chi connectivity index (χ1) is 11.7. The van der Waals surface area contributed by atoms with E-state index in [0.717, 1.165) is 10.0 Å². The van der Waals surface area contributed by atoms with Crippen molar-refractivity contribution >= 4 is 33.4 Å². The minimum atomic E-state index is -0.172. The molecule has 0 spiro atoms. The molecule has 2 aromatic rings. The van der Waals surface area contributed by atoms with Gasteiger partial charge in [0.15, 0.2) is 6.61 Å². The summed E-state index contributed by atoms with van der Waals surface area (Å²) in [6.45, 7) is 8.45. The molecule has 1 amide bonds. The van der Waals surface area contributed by atoms with Gasteiger partial charge in [0.05, 0.1) is 10.5 Å². The summed E-state index contributed by atoms with van der Waals surface area (Å²) in [7, 11) is 0. The highest BCUT2D eigenvalue weighted by Crippen LogP contribution is 2.28. The average Bonchev–Trinajstić information content (AvgIpc) is 2.53. The van der Waals surface area contributed by atoms with E-state index in [1.54, 1.807) is 18.2 Å². The van der Waals surface area contributed by atoms with Gasteiger partial charge in [-0.1, -0.05) is 56.6 Å². The SMILES string of the molecule is CC(NC(=O)COc1ccc(Cl)cc1Br)c1ccc(C(C)(C)C)cc1. The van der Waals surface area contributed by atoms with Crippen molar-refractivity contribution in [1.82, 2.24) is 5.32 Å². The molecule has 0 saturated heterocycles. The normalized spacial score (nSPS) is 12.6. The average molecular weight is 425 g/mol. The van der Waals surface area contributed by atoms with Crippen LogP contribution in [0.3, 0.4) is 0 Å². The van der Waals surface area contributed by atoms with E-state index in [2.05, 4.69) is 66.3 Å². The molecule has 1 atom stereocenters. The van der Waals surface area contributed by atoms with Gasteiger partial charge in [-0.25, -0.2) is 0 Å². The van der Waals surface area contributed by atoms with Gasteiger partial charge in [0, 0.05) is 5.02 Å². The number of ether oxygens (including phenoxy) is 1. The molecule has 2 aromatic carbocycles. The molecule has 134 valence electrons. The fourth-order valence-electron chi connectivity index (χ4n) is 2.37. The van der Waals surface area contributed by atoms with Gasteiger partial charge < -0.3 is 10.1 Å². The van der Waals surface area contributed by atoms with Gasteiger partial charge in [-0.15, -0.1) is 0 Å². The number of carbonyl (C=O) groups excluding carboxylic acids is 1. The molecule has 2 rings (SSSR count). The fraction of sp³-hybridized carbons (Fsp3) is 0.350. The quantitative estimate of drug-likeness (QED) is 0.673. The van der Waals surface area contributed by atoms with Crippen molar-refractivity contribution in [3.63, 3.8) is 0 Å². The summed E-state index contributed by atoms with van der Waals surface area (Å²) in [6.07, 6.45) is 0. The van der Waals surface area contributed by atoms with E-state index in [1.807, 2.05) is 6.92 Å². The van der Waals surface area contributed by atoms with Crippen molar-refractivity contribution in [3.05, 3.63) is 63.1 Å². The van der Waals surface area contributed by atoms with Crippen LogP contribution in [0.5, 0.6) is 5.75 Å². The number of amides is 1. The van der Waals surface area contributed by atoms with E-state index in [9.17, 15) is 4.79 Å². The van der Waals surface area contributed by atoms with E-state index >= 15 is 0 Å². The molecule has 1 N–H and O–H groups in total. The third kappa shape index (κ3) is 5.75. The zero-order chi connectivity index (χ0) is 18.6. The van der Waals surface area contributed by atoms with E-state index in [1.165, 1.54) is 5.56 Å². The lowest BCUT2D eigenvalue weighted by atomic mass is 9.86. The van der Waals surface area contributed by atoms with Crippen molar-refractivity contribution < 1.29 is 9.53 Å². The third-order valence-corrected chi connectivity index (χ3v) is 4.76. The predicted octanol–water partition coefficient (Wildman–Crippen LogP) is 5.66. The Morgan fingerprint density at radius 3 is 2.40 bits per heavy atom. The lowest BCUT2D eigenvalue weighted by molar-refractivity contribution is -0.123. The number of hydrogen-bond acceptors (Lipinski definition) is 2. The third-order valence-electron chi connectivity index (χ3n) is 3.91. The summed E-state index contributed by atoms with van der Waals surface area (Å²) in [5, 5.41) is 3.56. The van der Waals surface area contributed by atoms with Crippen LogP contribution in [0.2, 0.25) is 5.02 Å². The number of nitrogens with one attached hydrogen (secondary N) is 1. The van der Waals surface area contributed by atoms with Crippen LogP contribution in [0.1, 0.15) is 44.9 Å². The molecular weight excluding hydrogens is 402 g/mol. The molecule has 25 heavy (non-hydrogen) atoms. The largest absolute Gasteiger partial charge is 0.483 e. The molecule has 0 heterocycles. The summed E-state index contributed by atoms with van der Waals surface area (Å²) < 4.78 is 6.26. The maximum absolute atomic E-state index is 12.1. The smallest absolute Gasteiger partial charge is 0.258 e.